The van der Waals surface area contributed by atoms with Crippen LogP contribution in [-0.2, 0) is 26.2 Å². The molecule has 3 atom stereocenters. The van der Waals surface area contributed by atoms with Gasteiger partial charge in [-0.05, 0) is 87.1 Å². The van der Waals surface area contributed by atoms with Gasteiger partial charge < -0.3 is 20.4 Å². The van der Waals surface area contributed by atoms with E-state index in [0.29, 0.717) is 18.9 Å². The maximum atomic E-state index is 13.9. The summed E-state index contributed by atoms with van der Waals surface area (Å²) in [6.45, 7) is 6.64. The van der Waals surface area contributed by atoms with Crippen molar-refractivity contribution in [2.75, 3.05) is 13.1 Å². The number of alkyl halides is 3. The first-order valence-electron chi connectivity index (χ1n) is 16.6. The lowest BCUT2D eigenvalue weighted by Crippen LogP contribution is -2.57. The first kappa shape index (κ1) is 35.5. The van der Waals surface area contributed by atoms with Gasteiger partial charge in [-0.25, -0.2) is 4.79 Å². The standard InChI is InChI=1S/C34H46N2O3.C2HF3O2/c1-3-33(32(38)39)20-5-4-10-30(33)35-31(37)34(21-6-7-22-34)29-17-15-28(16-18-29)27-13-11-26(12-14-27)19-24-36-23-8-9-25(36)2;3-2(4,5)1(6)7/h11-18,25,30H,3-10,19-24H2,1-2H3,(H,35,37)(H,38,39);(H,6,7)/t25?,30-,33-;/m1./s1. The number of amides is 1. The number of nitrogens with one attached hydrogen (secondary N) is 1. The van der Waals surface area contributed by atoms with Gasteiger partial charge in [-0.1, -0.05) is 81.1 Å². The highest BCUT2D eigenvalue weighted by molar-refractivity contribution is 5.90. The fourth-order valence-electron chi connectivity index (χ4n) is 7.65. The molecule has 10 heteroatoms. The predicted molar refractivity (Wildman–Crippen MR) is 170 cm³/mol. The summed E-state index contributed by atoms with van der Waals surface area (Å²) in [7, 11) is 0. The smallest absolute Gasteiger partial charge is 0.481 e. The zero-order valence-electron chi connectivity index (χ0n) is 26.9. The average Bonchev–Trinajstić information content (AvgIpc) is 3.70. The summed E-state index contributed by atoms with van der Waals surface area (Å²) in [5, 5.41) is 20.5. The second-order valence-corrected chi connectivity index (χ2v) is 13.2. The molecule has 5 rings (SSSR count). The molecule has 2 aliphatic carbocycles. The van der Waals surface area contributed by atoms with Crippen molar-refractivity contribution in [1.29, 1.82) is 0 Å². The summed E-state index contributed by atoms with van der Waals surface area (Å²) in [5.74, 6) is -3.50. The second kappa shape index (κ2) is 15.0. The molecule has 2 saturated carbocycles. The zero-order chi connectivity index (χ0) is 33.5. The predicted octanol–water partition coefficient (Wildman–Crippen LogP) is 7.37. The lowest BCUT2D eigenvalue weighted by Gasteiger charge is -2.42. The Morgan fingerprint density at radius 2 is 1.43 bits per heavy atom. The minimum atomic E-state index is -5.08. The summed E-state index contributed by atoms with van der Waals surface area (Å²) in [6, 6.07) is 17.9. The van der Waals surface area contributed by atoms with Crippen LogP contribution in [0.2, 0.25) is 0 Å². The van der Waals surface area contributed by atoms with Gasteiger partial charge in [0.05, 0.1) is 10.8 Å². The van der Waals surface area contributed by atoms with E-state index in [2.05, 4.69) is 65.7 Å². The minimum absolute atomic E-state index is 0.0235. The van der Waals surface area contributed by atoms with Crippen LogP contribution in [0.5, 0.6) is 0 Å². The van der Waals surface area contributed by atoms with Crippen molar-refractivity contribution in [2.24, 2.45) is 5.41 Å². The molecular weight excluding hydrogens is 597 g/mol. The Bertz CT molecular complexity index is 1340. The number of hydrogen-bond donors (Lipinski definition) is 3. The molecule has 7 nitrogen and oxygen atoms in total. The van der Waals surface area contributed by atoms with Gasteiger partial charge in [0.2, 0.25) is 5.91 Å². The summed E-state index contributed by atoms with van der Waals surface area (Å²) in [5.41, 5.74) is 3.38. The highest BCUT2D eigenvalue weighted by Crippen LogP contribution is 2.44. The van der Waals surface area contributed by atoms with E-state index in [0.717, 1.165) is 69.0 Å². The number of carboxylic acid groups (broad SMARTS) is 2. The Morgan fingerprint density at radius 1 is 0.870 bits per heavy atom. The lowest BCUT2D eigenvalue weighted by atomic mass is 9.67. The van der Waals surface area contributed by atoms with Crippen LogP contribution in [0, 0.1) is 5.41 Å². The molecule has 2 aromatic rings. The van der Waals surface area contributed by atoms with Crippen molar-refractivity contribution in [1.82, 2.24) is 10.2 Å². The highest BCUT2D eigenvalue weighted by atomic mass is 19.4. The third kappa shape index (κ3) is 7.93. The van der Waals surface area contributed by atoms with Crippen LogP contribution >= 0.6 is 0 Å². The Labute approximate surface area is 269 Å². The number of nitrogens with zero attached hydrogens (tertiary/aromatic N) is 1. The molecule has 1 saturated heterocycles. The van der Waals surface area contributed by atoms with E-state index in [1.807, 2.05) is 6.92 Å². The Hall–Kier alpha value is -3.40. The van der Waals surface area contributed by atoms with Gasteiger partial charge >= 0.3 is 18.1 Å². The molecule has 252 valence electrons. The monoisotopic (exact) mass is 644 g/mol. The van der Waals surface area contributed by atoms with Gasteiger partial charge in [-0.2, -0.15) is 13.2 Å². The van der Waals surface area contributed by atoms with Crippen LogP contribution in [0.1, 0.15) is 95.6 Å². The van der Waals surface area contributed by atoms with Gasteiger partial charge in [0.1, 0.15) is 0 Å². The quantitative estimate of drug-likeness (QED) is 0.263. The molecule has 0 bridgehead atoms. The maximum absolute atomic E-state index is 13.9. The largest absolute Gasteiger partial charge is 0.490 e. The second-order valence-electron chi connectivity index (χ2n) is 13.2. The molecule has 1 aliphatic heterocycles. The number of halogens is 3. The molecule has 2 aromatic carbocycles. The average molecular weight is 645 g/mol. The number of carbonyl (C=O) groups is 3. The van der Waals surface area contributed by atoms with Crippen molar-refractivity contribution in [3.63, 3.8) is 0 Å². The summed E-state index contributed by atoms with van der Waals surface area (Å²) in [6.07, 6.45) is 6.15. The van der Waals surface area contributed by atoms with Crippen molar-refractivity contribution >= 4 is 17.8 Å². The molecule has 3 aliphatic rings. The first-order valence-corrected chi connectivity index (χ1v) is 16.6. The number of carbonyl (C=O) groups excluding carboxylic acids is 1. The SMILES string of the molecule is CC[C@@]1(C(=O)O)CCCC[C@H]1NC(=O)C1(c2ccc(-c3ccc(CCN4CCCC4C)cc3)cc2)CCCC1.O=C(O)C(F)(F)F. The Kier molecular flexibility index (Phi) is 11.6. The maximum Gasteiger partial charge on any atom is 0.490 e. The van der Waals surface area contributed by atoms with Crippen molar-refractivity contribution in [3.05, 3.63) is 59.7 Å². The summed E-state index contributed by atoms with van der Waals surface area (Å²) < 4.78 is 31.7. The number of rotatable bonds is 9. The fourth-order valence-corrected chi connectivity index (χ4v) is 7.65. The van der Waals surface area contributed by atoms with Crippen molar-refractivity contribution in [2.45, 2.75) is 115 Å². The van der Waals surface area contributed by atoms with Crippen LogP contribution in [-0.4, -0.2) is 64.3 Å². The van der Waals surface area contributed by atoms with E-state index in [9.17, 15) is 27.9 Å². The molecular formula is C36H47F3N2O5. The molecule has 3 N–H and O–H groups in total. The third-order valence-electron chi connectivity index (χ3n) is 10.6. The van der Waals surface area contributed by atoms with Crippen LogP contribution in [0.25, 0.3) is 11.1 Å². The van der Waals surface area contributed by atoms with E-state index in [1.165, 1.54) is 30.5 Å². The summed E-state index contributed by atoms with van der Waals surface area (Å²) >= 11 is 0. The molecule has 46 heavy (non-hydrogen) atoms. The van der Waals surface area contributed by atoms with E-state index in [1.54, 1.807) is 0 Å². The van der Waals surface area contributed by atoms with Crippen LogP contribution in [0.4, 0.5) is 13.2 Å². The summed E-state index contributed by atoms with van der Waals surface area (Å²) in [4.78, 5) is 37.7. The Morgan fingerprint density at radius 3 is 1.93 bits per heavy atom. The van der Waals surface area contributed by atoms with Gasteiger partial charge in [-0.15, -0.1) is 0 Å². The van der Waals surface area contributed by atoms with E-state index in [-0.39, 0.29) is 11.9 Å². The van der Waals surface area contributed by atoms with Crippen molar-refractivity contribution < 1.29 is 37.8 Å². The zero-order valence-corrected chi connectivity index (χ0v) is 26.9. The number of likely N-dealkylation sites (tertiary alicyclic amines) is 1. The van der Waals surface area contributed by atoms with Gasteiger partial charge in [0.25, 0.3) is 0 Å². The lowest BCUT2D eigenvalue weighted by molar-refractivity contribution is -0.192. The Balaban J connectivity index is 0.000000617. The highest BCUT2D eigenvalue weighted by Gasteiger charge is 2.50. The number of benzene rings is 2. The third-order valence-corrected chi connectivity index (χ3v) is 10.6. The minimum Gasteiger partial charge on any atom is -0.481 e. The topological polar surface area (TPSA) is 107 Å². The van der Waals surface area contributed by atoms with Crippen LogP contribution in [0.15, 0.2) is 48.5 Å². The number of hydrogen-bond acceptors (Lipinski definition) is 4. The normalized spacial score (nSPS) is 24.5. The van der Waals surface area contributed by atoms with Crippen molar-refractivity contribution in [3.8, 4) is 11.1 Å². The molecule has 1 heterocycles. The van der Waals surface area contributed by atoms with Gasteiger partial charge in [0.15, 0.2) is 0 Å². The number of aliphatic carboxylic acids is 2. The van der Waals surface area contributed by atoms with Crippen LogP contribution < -0.4 is 5.32 Å². The molecule has 3 fully saturated rings. The van der Waals surface area contributed by atoms with Gasteiger partial charge in [-0.3, -0.25) is 9.59 Å². The van der Waals surface area contributed by atoms with E-state index >= 15 is 0 Å². The number of carboxylic acids is 2. The van der Waals surface area contributed by atoms with Gasteiger partial charge in [0, 0.05) is 18.6 Å². The fraction of sp³-hybridized carbons (Fsp3) is 0.583. The molecule has 0 spiro atoms. The van der Waals surface area contributed by atoms with Crippen LogP contribution in [0.3, 0.4) is 0 Å². The molecule has 0 radical (unpaired) electrons. The molecule has 1 amide bonds. The molecule has 1 unspecified atom stereocenters. The molecule has 0 aromatic heterocycles. The first-order chi connectivity index (χ1) is 21.8. The van der Waals surface area contributed by atoms with E-state index < -0.39 is 28.9 Å². The van der Waals surface area contributed by atoms with E-state index in [4.69, 9.17) is 9.90 Å².